The Bertz CT molecular complexity index is 1050. The first-order valence-corrected chi connectivity index (χ1v) is 11.2. The van der Waals surface area contributed by atoms with Gasteiger partial charge in [0.1, 0.15) is 18.1 Å². The maximum absolute atomic E-state index is 12.1. The van der Waals surface area contributed by atoms with Crippen molar-refractivity contribution < 1.29 is 14.3 Å². The summed E-state index contributed by atoms with van der Waals surface area (Å²) in [6.07, 6.45) is 1.80. The number of hydrazone groups is 1. The molecule has 1 N–H and O–H groups in total. The number of methoxy groups -OCH3 is 1. The van der Waals surface area contributed by atoms with Gasteiger partial charge in [-0.05, 0) is 84.9 Å². The van der Waals surface area contributed by atoms with Gasteiger partial charge in [-0.3, -0.25) is 4.79 Å². The number of rotatable bonds is 8. The summed E-state index contributed by atoms with van der Waals surface area (Å²) in [7, 11) is 1.60. The molecule has 0 aliphatic heterocycles. The van der Waals surface area contributed by atoms with Crippen LogP contribution in [-0.4, -0.2) is 19.2 Å². The SMILES string of the molecule is COc1ccc(CC(=O)N/N=C\c2cc(Br)c(OCc3ccc(Cl)cc3)c(Br)c2)cc1. The Hall–Kier alpha value is -2.35. The van der Waals surface area contributed by atoms with E-state index in [4.69, 9.17) is 21.1 Å². The predicted octanol–water partition coefficient (Wildman–Crippen LogP) is 6.15. The number of hydrogen-bond acceptors (Lipinski definition) is 4. The zero-order chi connectivity index (χ0) is 22.2. The number of ether oxygens (including phenoxy) is 2. The van der Waals surface area contributed by atoms with Gasteiger partial charge in [0.05, 0.1) is 28.7 Å². The van der Waals surface area contributed by atoms with Crippen molar-refractivity contribution in [2.75, 3.05) is 7.11 Å². The van der Waals surface area contributed by atoms with E-state index in [2.05, 4.69) is 42.4 Å². The standard InChI is InChI=1S/C23H19Br2ClN2O3/c1-30-19-8-4-15(5-9-19)12-22(29)28-27-13-17-10-20(24)23(21(25)11-17)31-14-16-2-6-18(26)7-3-16/h2-11,13H,12,14H2,1H3,(H,28,29)/b27-13-. The van der Waals surface area contributed by atoms with Gasteiger partial charge in [0.2, 0.25) is 5.91 Å². The summed E-state index contributed by atoms with van der Waals surface area (Å²) in [5, 5.41) is 4.73. The van der Waals surface area contributed by atoms with Crippen molar-refractivity contribution in [2.45, 2.75) is 13.0 Å². The van der Waals surface area contributed by atoms with E-state index < -0.39 is 0 Å². The molecule has 3 aromatic carbocycles. The van der Waals surface area contributed by atoms with E-state index in [-0.39, 0.29) is 12.3 Å². The molecule has 5 nitrogen and oxygen atoms in total. The fourth-order valence-electron chi connectivity index (χ4n) is 2.68. The average molecular weight is 567 g/mol. The lowest BCUT2D eigenvalue weighted by molar-refractivity contribution is -0.120. The normalized spacial score (nSPS) is 10.8. The third kappa shape index (κ3) is 7.09. The number of hydrogen-bond donors (Lipinski definition) is 1. The van der Waals surface area contributed by atoms with Crippen LogP contribution in [0.15, 0.2) is 74.7 Å². The van der Waals surface area contributed by atoms with Crippen molar-refractivity contribution in [1.29, 1.82) is 0 Å². The first-order valence-electron chi connectivity index (χ1n) is 9.25. The van der Waals surface area contributed by atoms with Crippen molar-refractivity contribution in [2.24, 2.45) is 5.10 Å². The second-order valence-corrected chi connectivity index (χ2v) is 8.69. The Morgan fingerprint density at radius 2 is 1.65 bits per heavy atom. The molecule has 0 radical (unpaired) electrons. The van der Waals surface area contributed by atoms with Gasteiger partial charge in [-0.2, -0.15) is 5.10 Å². The third-order valence-electron chi connectivity index (χ3n) is 4.24. The zero-order valence-corrected chi connectivity index (χ0v) is 20.5. The zero-order valence-electron chi connectivity index (χ0n) is 16.6. The lowest BCUT2D eigenvalue weighted by atomic mass is 10.1. The molecule has 160 valence electrons. The van der Waals surface area contributed by atoms with E-state index in [9.17, 15) is 4.79 Å². The van der Waals surface area contributed by atoms with Gasteiger partial charge in [-0.25, -0.2) is 5.43 Å². The molecule has 0 heterocycles. The maximum atomic E-state index is 12.1. The number of amides is 1. The number of nitrogens with zero attached hydrogens (tertiary/aromatic N) is 1. The number of carbonyl (C=O) groups excluding carboxylic acids is 1. The lowest BCUT2D eigenvalue weighted by Gasteiger charge is -2.11. The first kappa shape index (κ1) is 23.3. The van der Waals surface area contributed by atoms with Gasteiger partial charge < -0.3 is 9.47 Å². The van der Waals surface area contributed by atoms with Crippen LogP contribution in [0.2, 0.25) is 5.02 Å². The van der Waals surface area contributed by atoms with E-state index >= 15 is 0 Å². The number of halogens is 3. The van der Waals surface area contributed by atoms with Crippen molar-refractivity contribution >= 4 is 55.6 Å². The molecule has 0 aromatic heterocycles. The van der Waals surface area contributed by atoms with Gasteiger partial charge in [0.15, 0.2) is 0 Å². The van der Waals surface area contributed by atoms with Crippen molar-refractivity contribution in [1.82, 2.24) is 5.43 Å². The highest BCUT2D eigenvalue weighted by atomic mass is 79.9. The van der Waals surface area contributed by atoms with Crippen LogP contribution in [0.1, 0.15) is 16.7 Å². The fourth-order valence-corrected chi connectivity index (χ4v) is 4.25. The highest BCUT2D eigenvalue weighted by Crippen LogP contribution is 2.35. The molecular formula is C23H19Br2ClN2O3. The molecule has 0 saturated carbocycles. The van der Waals surface area contributed by atoms with Gasteiger partial charge in [-0.1, -0.05) is 35.9 Å². The smallest absolute Gasteiger partial charge is 0.244 e. The van der Waals surface area contributed by atoms with Crippen LogP contribution in [0.3, 0.4) is 0 Å². The van der Waals surface area contributed by atoms with Gasteiger partial charge in [0.25, 0.3) is 0 Å². The number of nitrogens with one attached hydrogen (secondary N) is 1. The second-order valence-electron chi connectivity index (χ2n) is 6.55. The molecule has 0 unspecified atom stereocenters. The number of carbonyl (C=O) groups is 1. The van der Waals surface area contributed by atoms with Crippen molar-refractivity contribution in [3.8, 4) is 11.5 Å². The van der Waals surface area contributed by atoms with Crippen LogP contribution in [0.5, 0.6) is 11.5 Å². The topological polar surface area (TPSA) is 59.9 Å². The molecule has 0 fully saturated rings. The van der Waals surface area contributed by atoms with Crippen LogP contribution >= 0.6 is 43.5 Å². The second kappa shape index (κ2) is 11.3. The monoisotopic (exact) mass is 564 g/mol. The molecule has 0 atom stereocenters. The lowest BCUT2D eigenvalue weighted by Crippen LogP contribution is -2.19. The Morgan fingerprint density at radius 3 is 2.26 bits per heavy atom. The van der Waals surface area contributed by atoms with Crippen LogP contribution in [-0.2, 0) is 17.8 Å². The number of benzene rings is 3. The molecule has 31 heavy (non-hydrogen) atoms. The summed E-state index contributed by atoms with van der Waals surface area (Å²) < 4.78 is 12.6. The quantitative estimate of drug-likeness (QED) is 0.263. The molecule has 0 spiro atoms. The maximum Gasteiger partial charge on any atom is 0.244 e. The average Bonchev–Trinajstić information content (AvgIpc) is 2.75. The molecule has 1 amide bonds. The fraction of sp³-hybridized carbons (Fsp3) is 0.130. The van der Waals surface area contributed by atoms with Gasteiger partial charge >= 0.3 is 0 Å². The van der Waals surface area contributed by atoms with Crippen LogP contribution < -0.4 is 14.9 Å². The third-order valence-corrected chi connectivity index (χ3v) is 5.67. The van der Waals surface area contributed by atoms with E-state index in [1.807, 2.05) is 60.7 Å². The van der Waals surface area contributed by atoms with Crippen molar-refractivity contribution in [3.05, 3.63) is 91.3 Å². The minimum atomic E-state index is -0.206. The molecule has 3 rings (SSSR count). The van der Waals surface area contributed by atoms with Crippen LogP contribution in [0, 0.1) is 0 Å². The molecule has 8 heteroatoms. The summed E-state index contributed by atoms with van der Waals surface area (Å²) in [6.45, 7) is 0.406. The van der Waals surface area contributed by atoms with Crippen molar-refractivity contribution in [3.63, 3.8) is 0 Å². The largest absolute Gasteiger partial charge is 0.497 e. The van der Waals surface area contributed by atoms with Crippen LogP contribution in [0.4, 0.5) is 0 Å². The molecule has 0 aliphatic rings. The summed E-state index contributed by atoms with van der Waals surface area (Å²) in [4.78, 5) is 12.1. The highest BCUT2D eigenvalue weighted by Gasteiger charge is 2.09. The Morgan fingerprint density at radius 1 is 1.03 bits per heavy atom. The summed E-state index contributed by atoms with van der Waals surface area (Å²) in [6, 6.07) is 18.5. The highest BCUT2D eigenvalue weighted by molar-refractivity contribution is 9.11. The summed E-state index contributed by atoms with van der Waals surface area (Å²) in [5.41, 5.74) is 5.22. The minimum Gasteiger partial charge on any atom is -0.497 e. The van der Waals surface area contributed by atoms with E-state index in [0.29, 0.717) is 17.4 Å². The predicted molar refractivity (Wildman–Crippen MR) is 130 cm³/mol. The van der Waals surface area contributed by atoms with Gasteiger partial charge in [-0.15, -0.1) is 0 Å². The van der Waals surface area contributed by atoms with Crippen LogP contribution in [0.25, 0.3) is 0 Å². The molecule has 0 aliphatic carbocycles. The Balaban J connectivity index is 1.56. The first-order chi connectivity index (χ1) is 14.9. The van der Waals surface area contributed by atoms with E-state index in [1.54, 1.807) is 13.3 Å². The Kier molecular flexibility index (Phi) is 8.51. The molecule has 3 aromatic rings. The Labute approximate surface area is 202 Å². The summed E-state index contributed by atoms with van der Waals surface area (Å²) >= 11 is 13.0. The van der Waals surface area contributed by atoms with E-state index in [0.717, 1.165) is 31.4 Å². The van der Waals surface area contributed by atoms with Gasteiger partial charge in [0, 0.05) is 5.02 Å². The molecule has 0 bridgehead atoms. The molecular weight excluding hydrogens is 548 g/mol. The molecule has 0 saturated heterocycles. The minimum absolute atomic E-state index is 0.206. The summed E-state index contributed by atoms with van der Waals surface area (Å²) in [5.74, 6) is 1.22. The van der Waals surface area contributed by atoms with E-state index in [1.165, 1.54) is 0 Å².